The first-order chi connectivity index (χ1) is 26.1. The number of sulfone groups is 1. The Bertz CT molecular complexity index is 1800. The van der Waals surface area contributed by atoms with E-state index in [9.17, 15) is 27.5 Å². The molecule has 4 saturated heterocycles. The van der Waals surface area contributed by atoms with Gasteiger partial charge in [-0.3, -0.25) is 9.69 Å². The number of anilines is 1. The van der Waals surface area contributed by atoms with Gasteiger partial charge in [0.1, 0.15) is 11.1 Å². The number of alkyl carbamates (subject to hydrolysis) is 1. The van der Waals surface area contributed by atoms with Crippen LogP contribution in [0.15, 0.2) is 53.4 Å². The topological polar surface area (TPSA) is 123 Å². The maximum absolute atomic E-state index is 16.2. The van der Waals surface area contributed by atoms with Crippen LogP contribution in [0.4, 0.5) is 19.3 Å². The molecule has 55 heavy (non-hydrogen) atoms. The molecule has 0 aromatic heterocycles. The van der Waals surface area contributed by atoms with Gasteiger partial charge in [0.25, 0.3) is 0 Å². The van der Waals surface area contributed by atoms with Crippen LogP contribution in [0, 0.1) is 17.7 Å². The summed E-state index contributed by atoms with van der Waals surface area (Å²) in [5, 5.41) is 12.4. The summed E-state index contributed by atoms with van der Waals surface area (Å²) < 4.78 is 62.8. The molecular formula is C41H57F2N5O6S. The summed E-state index contributed by atoms with van der Waals surface area (Å²) >= 11 is 0. The van der Waals surface area contributed by atoms with Crippen LogP contribution in [0.3, 0.4) is 0 Å². The Balaban J connectivity index is 0.975. The first kappa shape index (κ1) is 39.9. The van der Waals surface area contributed by atoms with E-state index in [1.807, 2.05) is 4.90 Å². The molecule has 14 heteroatoms. The minimum atomic E-state index is -3.64. The largest absolute Gasteiger partial charge is 0.453 e. The number of amides is 2. The molecule has 302 valence electrons. The van der Waals surface area contributed by atoms with Crippen LogP contribution in [0.5, 0.6) is 0 Å². The lowest BCUT2D eigenvalue weighted by atomic mass is 9.57. The number of nitrogens with one attached hydrogen (secondary N) is 1. The SMILES string of the molecule is COC(=O)N[C@H]1CCC[C@@H]1[C@](CN1CCC1)(c1cccc(F)c1)C1CCN(CC2(F)CN(c3ccc(S(=O)(=O)C4CN(C(=O)CC(C)(C)O)C4)cc3)C2)CC1. The van der Waals surface area contributed by atoms with Gasteiger partial charge in [0.2, 0.25) is 5.91 Å². The van der Waals surface area contributed by atoms with Crippen LogP contribution in [0.25, 0.3) is 0 Å². The fourth-order valence-corrected chi connectivity index (χ4v) is 11.7. The van der Waals surface area contributed by atoms with Crippen molar-refractivity contribution in [2.75, 3.05) is 77.5 Å². The van der Waals surface area contributed by atoms with Gasteiger partial charge < -0.3 is 29.9 Å². The molecule has 0 spiro atoms. The number of halogens is 2. The molecule has 2 amide bonds. The number of rotatable bonds is 13. The van der Waals surface area contributed by atoms with Gasteiger partial charge in [-0.1, -0.05) is 18.6 Å². The van der Waals surface area contributed by atoms with Crippen molar-refractivity contribution < 1.29 is 36.6 Å². The summed E-state index contributed by atoms with van der Waals surface area (Å²) in [5.41, 5.74) is -1.19. The van der Waals surface area contributed by atoms with Crippen LogP contribution in [-0.2, 0) is 24.8 Å². The normalized spacial score (nSPS) is 25.1. The van der Waals surface area contributed by atoms with Crippen molar-refractivity contribution in [3.05, 3.63) is 59.9 Å². The van der Waals surface area contributed by atoms with Gasteiger partial charge in [-0.2, -0.15) is 0 Å². The maximum atomic E-state index is 16.2. The molecule has 3 atom stereocenters. The molecule has 4 aliphatic heterocycles. The number of carbonyl (C=O) groups is 2. The Labute approximate surface area is 324 Å². The predicted octanol–water partition coefficient (Wildman–Crippen LogP) is 4.38. The summed E-state index contributed by atoms with van der Waals surface area (Å²) in [4.78, 5) is 33.1. The maximum Gasteiger partial charge on any atom is 0.407 e. The van der Waals surface area contributed by atoms with Crippen molar-refractivity contribution >= 4 is 27.5 Å². The van der Waals surface area contributed by atoms with Gasteiger partial charge in [-0.05, 0) is 126 Å². The quantitative estimate of drug-likeness (QED) is 0.305. The Morgan fingerprint density at radius 3 is 2.25 bits per heavy atom. The van der Waals surface area contributed by atoms with E-state index in [0.717, 1.165) is 82.5 Å². The Kier molecular flexibility index (Phi) is 11.3. The van der Waals surface area contributed by atoms with Gasteiger partial charge >= 0.3 is 6.09 Å². The van der Waals surface area contributed by atoms with E-state index in [1.165, 1.54) is 18.1 Å². The number of carbonyl (C=O) groups excluding carboxylic acids is 2. The van der Waals surface area contributed by atoms with Crippen molar-refractivity contribution in [1.82, 2.24) is 20.0 Å². The molecule has 7 rings (SSSR count). The van der Waals surface area contributed by atoms with E-state index in [0.29, 0.717) is 6.54 Å². The zero-order valence-electron chi connectivity index (χ0n) is 32.4. The van der Waals surface area contributed by atoms with Crippen molar-refractivity contribution in [1.29, 1.82) is 0 Å². The molecule has 5 aliphatic rings. The second-order valence-electron chi connectivity index (χ2n) is 17.5. The van der Waals surface area contributed by atoms with Gasteiger partial charge in [-0.25, -0.2) is 22.0 Å². The average molecular weight is 786 g/mol. The molecule has 1 aliphatic carbocycles. The number of benzene rings is 2. The number of hydrogen-bond donors (Lipinski definition) is 2. The minimum Gasteiger partial charge on any atom is -0.453 e. The number of aliphatic hydroxyl groups is 1. The molecule has 2 aromatic rings. The lowest BCUT2D eigenvalue weighted by Gasteiger charge is -2.54. The molecule has 0 radical (unpaired) electrons. The summed E-state index contributed by atoms with van der Waals surface area (Å²) in [6, 6.07) is 13.6. The molecule has 2 aromatic carbocycles. The third-order valence-electron chi connectivity index (χ3n) is 13.0. The second-order valence-corrected chi connectivity index (χ2v) is 19.7. The highest BCUT2D eigenvalue weighted by molar-refractivity contribution is 7.92. The number of likely N-dealkylation sites (tertiary alicyclic amines) is 3. The van der Waals surface area contributed by atoms with E-state index >= 15 is 4.39 Å². The van der Waals surface area contributed by atoms with E-state index in [4.69, 9.17) is 4.74 Å². The fourth-order valence-electron chi connectivity index (χ4n) is 10.0. The van der Waals surface area contributed by atoms with Crippen molar-refractivity contribution in [3.8, 4) is 0 Å². The van der Waals surface area contributed by atoms with Gasteiger partial charge in [0.05, 0.1) is 37.1 Å². The Morgan fingerprint density at radius 2 is 1.65 bits per heavy atom. The van der Waals surface area contributed by atoms with E-state index < -0.39 is 32.5 Å². The molecule has 1 saturated carbocycles. The third kappa shape index (κ3) is 8.38. The summed E-state index contributed by atoms with van der Waals surface area (Å²) in [7, 11) is -2.26. The molecule has 0 unspecified atom stereocenters. The predicted molar refractivity (Wildman–Crippen MR) is 206 cm³/mol. The van der Waals surface area contributed by atoms with Crippen LogP contribution in [-0.4, -0.2) is 135 Å². The fraction of sp³-hybridized carbons (Fsp3) is 0.659. The van der Waals surface area contributed by atoms with Gasteiger partial charge in [0.15, 0.2) is 15.5 Å². The third-order valence-corrected chi connectivity index (χ3v) is 15.1. The van der Waals surface area contributed by atoms with Crippen LogP contribution in [0.1, 0.15) is 64.4 Å². The highest BCUT2D eigenvalue weighted by Crippen LogP contribution is 2.51. The Hall–Kier alpha value is -3.33. The molecule has 0 bridgehead atoms. The number of alkyl halides is 1. The van der Waals surface area contributed by atoms with Gasteiger partial charge in [0, 0.05) is 43.3 Å². The second kappa shape index (κ2) is 15.5. The van der Waals surface area contributed by atoms with E-state index in [1.54, 1.807) is 50.2 Å². The van der Waals surface area contributed by atoms with Crippen LogP contribution < -0.4 is 10.2 Å². The average Bonchev–Trinajstić information content (AvgIpc) is 3.54. The van der Waals surface area contributed by atoms with E-state index in [2.05, 4.69) is 21.2 Å². The molecule has 2 N–H and O–H groups in total. The lowest BCUT2D eigenvalue weighted by Crippen LogP contribution is -2.65. The summed E-state index contributed by atoms with van der Waals surface area (Å²) in [6.07, 6.45) is 5.07. The van der Waals surface area contributed by atoms with Crippen LogP contribution in [0.2, 0.25) is 0 Å². The van der Waals surface area contributed by atoms with Crippen molar-refractivity contribution in [2.45, 2.75) is 91.7 Å². The minimum absolute atomic E-state index is 0.0623. The van der Waals surface area contributed by atoms with Crippen LogP contribution >= 0.6 is 0 Å². The first-order valence-electron chi connectivity index (χ1n) is 19.9. The van der Waals surface area contributed by atoms with E-state index in [-0.39, 0.29) is 72.5 Å². The lowest BCUT2D eigenvalue weighted by molar-refractivity contribution is -0.138. The smallest absolute Gasteiger partial charge is 0.407 e. The number of ether oxygens (including phenoxy) is 1. The molecule has 11 nitrogen and oxygen atoms in total. The summed E-state index contributed by atoms with van der Waals surface area (Å²) in [6.45, 7) is 8.29. The molecule has 4 heterocycles. The molecule has 5 fully saturated rings. The number of piperidine rings is 1. The zero-order chi connectivity index (χ0) is 39.2. The monoisotopic (exact) mass is 785 g/mol. The van der Waals surface area contributed by atoms with Crippen molar-refractivity contribution in [2.24, 2.45) is 11.8 Å². The first-order valence-corrected chi connectivity index (χ1v) is 21.5. The standard InChI is InChI=1S/C41H57F2N5O6S/c1-39(2,51)22-37(49)47-23-34(24-47)55(52,53)33-13-11-32(12-14-33)48-26-40(43,27-48)25-46-19-15-29(16-20-46)41(28-45-17-6-18-45,30-7-4-8-31(42)21-30)35-9-5-10-36(35)44-38(50)54-3/h4,7-8,11-14,21,29,34-36,51H,5-6,9-10,15-20,22-28H2,1-3H3,(H,44,50)/t35-,36-,41-/m0/s1. The zero-order valence-corrected chi connectivity index (χ0v) is 33.2. The highest BCUT2D eigenvalue weighted by atomic mass is 32.2. The number of hydrogen-bond acceptors (Lipinski definition) is 9. The van der Waals surface area contributed by atoms with Crippen molar-refractivity contribution in [3.63, 3.8) is 0 Å². The number of nitrogens with zero attached hydrogens (tertiary/aromatic N) is 4. The number of methoxy groups -OCH3 is 1. The van der Waals surface area contributed by atoms with Gasteiger partial charge in [-0.15, -0.1) is 0 Å². The Morgan fingerprint density at radius 1 is 0.964 bits per heavy atom. The summed E-state index contributed by atoms with van der Waals surface area (Å²) in [5.74, 6) is -0.199. The highest BCUT2D eigenvalue weighted by Gasteiger charge is 2.54. The molecular weight excluding hydrogens is 729 g/mol.